The second-order valence-electron chi connectivity index (χ2n) is 5.22. The molecule has 1 unspecified atom stereocenters. The van der Waals surface area contributed by atoms with E-state index in [-0.39, 0.29) is 5.97 Å². The highest BCUT2D eigenvalue weighted by Crippen LogP contribution is 2.30. The summed E-state index contributed by atoms with van der Waals surface area (Å²) in [6.07, 6.45) is 7.72. The molecule has 0 spiro atoms. The zero-order valence-electron chi connectivity index (χ0n) is 10.7. The Hall–Kier alpha value is -1.05. The molecule has 0 aliphatic heterocycles. The molecule has 0 fully saturated rings. The van der Waals surface area contributed by atoms with Crippen LogP contribution in [0.15, 0.2) is 23.8 Å². The molecule has 1 atom stereocenters. The first kappa shape index (κ1) is 13.0. The Labute approximate surface area is 98.4 Å². The van der Waals surface area contributed by atoms with E-state index in [4.69, 9.17) is 4.74 Å². The maximum absolute atomic E-state index is 11.9. The Balaban J connectivity index is 2.45. The SMILES string of the molecule is CC1=CCC(C)(C(=O)OCCC(C)C)C=C1. The third-order valence-corrected chi connectivity index (χ3v) is 2.96. The topological polar surface area (TPSA) is 26.3 Å². The van der Waals surface area contributed by atoms with Crippen molar-refractivity contribution in [1.29, 1.82) is 0 Å². The van der Waals surface area contributed by atoms with Gasteiger partial charge in [-0.3, -0.25) is 4.79 Å². The fourth-order valence-electron chi connectivity index (χ4n) is 1.53. The molecule has 1 aliphatic carbocycles. The van der Waals surface area contributed by atoms with Gasteiger partial charge in [-0.1, -0.05) is 37.6 Å². The van der Waals surface area contributed by atoms with Gasteiger partial charge in [-0.05, 0) is 32.6 Å². The van der Waals surface area contributed by atoms with E-state index in [1.54, 1.807) is 0 Å². The van der Waals surface area contributed by atoms with Crippen molar-refractivity contribution in [3.8, 4) is 0 Å². The first-order valence-electron chi connectivity index (χ1n) is 5.97. The number of hydrogen-bond donors (Lipinski definition) is 0. The van der Waals surface area contributed by atoms with Crippen LogP contribution in [-0.2, 0) is 9.53 Å². The van der Waals surface area contributed by atoms with Gasteiger partial charge in [-0.15, -0.1) is 0 Å². The number of ether oxygens (including phenoxy) is 1. The zero-order valence-corrected chi connectivity index (χ0v) is 10.7. The van der Waals surface area contributed by atoms with Crippen molar-refractivity contribution < 1.29 is 9.53 Å². The van der Waals surface area contributed by atoms with Crippen molar-refractivity contribution >= 4 is 5.97 Å². The summed E-state index contributed by atoms with van der Waals surface area (Å²) in [7, 11) is 0. The molecule has 2 nitrogen and oxygen atoms in total. The summed E-state index contributed by atoms with van der Waals surface area (Å²) in [5, 5.41) is 0. The molecule has 0 saturated carbocycles. The van der Waals surface area contributed by atoms with Crippen LogP contribution in [0.4, 0.5) is 0 Å². The molecule has 0 bridgehead atoms. The Bertz CT molecular complexity index is 313. The van der Waals surface area contributed by atoms with Gasteiger partial charge in [0.25, 0.3) is 0 Å². The molecular weight excluding hydrogens is 200 g/mol. The first-order valence-corrected chi connectivity index (χ1v) is 5.97. The van der Waals surface area contributed by atoms with Crippen molar-refractivity contribution in [3.63, 3.8) is 0 Å². The molecule has 0 aromatic heterocycles. The molecule has 0 aromatic carbocycles. The minimum atomic E-state index is -0.462. The van der Waals surface area contributed by atoms with E-state index in [2.05, 4.69) is 19.9 Å². The summed E-state index contributed by atoms with van der Waals surface area (Å²) in [6, 6.07) is 0. The minimum Gasteiger partial charge on any atom is -0.465 e. The van der Waals surface area contributed by atoms with Crippen molar-refractivity contribution in [3.05, 3.63) is 23.8 Å². The average Bonchev–Trinajstić information content (AvgIpc) is 2.22. The second-order valence-corrected chi connectivity index (χ2v) is 5.22. The quantitative estimate of drug-likeness (QED) is 0.681. The lowest BCUT2D eigenvalue weighted by Crippen LogP contribution is -2.29. The largest absolute Gasteiger partial charge is 0.465 e. The number of hydrogen-bond acceptors (Lipinski definition) is 2. The van der Waals surface area contributed by atoms with Crippen LogP contribution in [0, 0.1) is 11.3 Å². The Morgan fingerprint density at radius 2 is 2.25 bits per heavy atom. The molecule has 0 N–H and O–H groups in total. The molecular formula is C14H22O2. The lowest BCUT2D eigenvalue weighted by atomic mass is 9.82. The van der Waals surface area contributed by atoms with E-state index in [0.717, 1.165) is 12.8 Å². The van der Waals surface area contributed by atoms with Gasteiger partial charge in [-0.2, -0.15) is 0 Å². The Morgan fingerprint density at radius 1 is 1.56 bits per heavy atom. The molecule has 0 aromatic rings. The standard InChI is InChI=1S/C14H22O2/c1-11(2)7-10-16-13(15)14(4)8-5-12(3)6-9-14/h5-6,8,11H,7,9-10H2,1-4H3. The number of allylic oxidation sites excluding steroid dienone is 3. The molecule has 16 heavy (non-hydrogen) atoms. The van der Waals surface area contributed by atoms with E-state index in [1.807, 2.05) is 26.0 Å². The van der Waals surface area contributed by atoms with Crippen LogP contribution in [0.1, 0.15) is 40.5 Å². The van der Waals surface area contributed by atoms with Crippen LogP contribution in [0.5, 0.6) is 0 Å². The molecule has 1 aliphatic rings. The summed E-state index contributed by atoms with van der Waals surface area (Å²) in [6.45, 7) is 8.76. The molecule has 0 saturated heterocycles. The van der Waals surface area contributed by atoms with Gasteiger partial charge in [0.2, 0.25) is 0 Å². The van der Waals surface area contributed by atoms with Crippen LogP contribution >= 0.6 is 0 Å². The fourth-order valence-corrected chi connectivity index (χ4v) is 1.53. The average molecular weight is 222 g/mol. The molecule has 0 radical (unpaired) electrons. The van der Waals surface area contributed by atoms with Gasteiger partial charge < -0.3 is 4.74 Å². The van der Waals surface area contributed by atoms with E-state index in [9.17, 15) is 4.79 Å². The first-order chi connectivity index (χ1) is 7.44. The van der Waals surface area contributed by atoms with Gasteiger partial charge in [0.05, 0.1) is 12.0 Å². The second kappa shape index (κ2) is 5.33. The van der Waals surface area contributed by atoms with Crippen LogP contribution in [-0.4, -0.2) is 12.6 Å². The van der Waals surface area contributed by atoms with Gasteiger partial charge in [-0.25, -0.2) is 0 Å². The normalized spacial score (nSPS) is 24.4. The number of rotatable bonds is 4. The third-order valence-electron chi connectivity index (χ3n) is 2.96. The molecule has 90 valence electrons. The summed E-state index contributed by atoms with van der Waals surface area (Å²) >= 11 is 0. The lowest BCUT2D eigenvalue weighted by Gasteiger charge is -2.25. The third kappa shape index (κ3) is 3.51. The van der Waals surface area contributed by atoms with Gasteiger partial charge in [0.15, 0.2) is 0 Å². The van der Waals surface area contributed by atoms with E-state index in [0.29, 0.717) is 12.5 Å². The Morgan fingerprint density at radius 3 is 2.75 bits per heavy atom. The smallest absolute Gasteiger partial charge is 0.315 e. The zero-order chi connectivity index (χ0) is 12.2. The summed E-state index contributed by atoms with van der Waals surface area (Å²) in [4.78, 5) is 11.9. The highest BCUT2D eigenvalue weighted by Gasteiger charge is 2.32. The van der Waals surface area contributed by atoms with Crippen molar-refractivity contribution in [2.45, 2.75) is 40.5 Å². The monoisotopic (exact) mass is 222 g/mol. The van der Waals surface area contributed by atoms with Gasteiger partial charge >= 0.3 is 5.97 Å². The summed E-state index contributed by atoms with van der Waals surface area (Å²) in [5.41, 5.74) is 0.753. The predicted molar refractivity (Wildman–Crippen MR) is 66.0 cm³/mol. The lowest BCUT2D eigenvalue weighted by molar-refractivity contribution is -0.152. The number of esters is 1. The van der Waals surface area contributed by atoms with E-state index in [1.165, 1.54) is 5.57 Å². The highest BCUT2D eigenvalue weighted by atomic mass is 16.5. The van der Waals surface area contributed by atoms with Crippen molar-refractivity contribution in [2.24, 2.45) is 11.3 Å². The fraction of sp³-hybridized carbons (Fsp3) is 0.643. The van der Waals surface area contributed by atoms with Gasteiger partial charge in [0.1, 0.15) is 0 Å². The molecule has 1 rings (SSSR count). The van der Waals surface area contributed by atoms with Crippen molar-refractivity contribution in [1.82, 2.24) is 0 Å². The van der Waals surface area contributed by atoms with Crippen LogP contribution in [0.2, 0.25) is 0 Å². The van der Waals surface area contributed by atoms with Gasteiger partial charge in [0, 0.05) is 0 Å². The highest BCUT2D eigenvalue weighted by molar-refractivity contribution is 5.79. The Kier molecular flexibility index (Phi) is 4.34. The summed E-state index contributed by atoms with van der Waals surface area (Å²) in [5.74, 6) is 0.470. The van der Waals surface area contributed by atoms with E-state index >= 15 is 0 Å². The molecule has 0 heterocycles. The van der Waals surface area contributed by atoms with Crippen LogP contribution in [0.25, 0.3) is 0 Å². The van der Waals surface area contributed by atoms with Crippen molar-refractivity contribution in [2.75, 3.05) is 6.61 Å². The molecule has 2 heteroatoms. The predicted octanol–water partition coefficient (Wildman–Crippen LogP) is 3.49. The molecule has 0 amide bonds. The summed E-state index contributed by atoms with van der Waals surface area (Å²) < 4.78 is 5.31. The van der Waals surface area contributed by atoms with Crippen LogP contribution < -0.4 is 0 Å². The maximum Gasteiger partial charge on any atom is 0.315 e. The number of carbonyl (C=O) groups excluding carboxylic acids is 1. The van der Waals surface area contributed by atoms with Crippen LogP contribution in [0.3, 0.4) is 0 Å². The maximum atomic E-state index is 11.9. The van der Waals surface area contributed by atoms with E-state index < -0.39 is 5.41 Å². The minimum absolute atomic E-state index is 0.104. The number of carbonyl (C=O) groups is 1.